The molecule has 2 N–H and O–H groups in total. The van der Waals surface area contributed by atoms with Crippen molar-refractivity contribution in [1.29, 1.82) is 0 Å². The molecule has 0 aliphatic carbocycles. The monoisotopic (exact) mass is 545 g/mol. The molecule has 0 aliphatic rings. The highest BCUT2D eigenvalue weighted by atomic mass is 32.2. The molecule has 0 saturated heterocycles. The fourth-order valence-electron chi connectivity index (χ4n) is 5.23. The summed E-state index contributed by atoms with van der Waals surface area (Å²) in [5, 5.41) is 0. The number of rotatable bonds is 32. The molecular weight excluding hydrogens is 478 g/mol. The third kappa shape index (κ3) is 35.9. The van der Waals surface area contributed by atoms with E-state index in [0.717, 1.165) is 25.6 Å². The van der Waals surface area contributed by atoms with Crippen LogP contribution in [0.5, 0.6) is 0 Å². The van der Waals surface area contributed by atoms with Crippen molar-refractivity contribution >= 4 is 10.1 Å². The van der Waals surface area contributed by atoms with Crippen molar-refractivity contribution in [2.75, 3.05) is 19.4 Å². The summed E-state index contributed by atoms with van der Waals surface area (Å²) in [7, 11) is -3.26. The topological polar surface area (TPSA) is 69.4 Å². The molecule has 0 unspecified atom stereocenters. The Labute approximate surface area is 233 Å². The van der Waals surface area contributed by atoms with Gasteiger partial charge in [0.1, 0.15) is 0 Å². The van der Waals surface area contributed by atoms with Crippen molar-refractivity contribution in [2.45, 2.75) is 186 Å². The van der Waals surface area contributed by atoms with Crippen LogP contribution in [0.3, 0.4) is 0 Å². The van der Waals surface area contributed by atoms with Crippen LogP contribution in [0, 0.1) is 0 Å². The maximum Gasteiger partial charge on any atom is 0.264 e. The van der Waals surface area contributed by atoms with Gasteiger partial charge in [-0.25, -0.2) is 0 Å². The van der Waals surface area contributed by atoms with E-state index in [1.807, 2.05) is 0 Å². The Morgan fingerprint density at radius 1 is 0.378 bits per heavy atom. The molecule has 0 heterocycles. The first-order valence-electron chi connectivity index (χ1n) is 16.6. The van der Waals surface area contributed by atoms with Crippen LogP contribution < -0.4 is 5.73 Å². The van der Waals surface area contributed by atoms with Gasteiger partial charge in [0.25, 0.3) is 10.1 Å². The Balaban J connectivity index is 3.04. The van der Waals surface area contributed by atoms with E-state index in [4.69, 9.17) is 9.92 Å². The van der Waals surface area contributed by atoms with Gasteiger partial charge in [0.15, 0.2) is 0 Å². The molecule has 4 nitrogen and oxygen atoms in total. The second-order valence-electron chi connectivity index (χ2n) is 11.6. The quantitative estimate of drug-likeness (QED) is 0.0674. The van der Waals surface area contributed by atoms with Gasteiger partial charge in [0.2, 0.25) is 0 Å². The maximum atomic E-state index is 10.9. The van der Waals surface area contributed by atoms with Crippen LogP contribution in [0.4, 0.5) is 0 Å². The van der Waals surface area contributed by atoms with Crippen LogP contribution in [0.1, 0.15) is 186 Å². The normalized spacial score (nSPS) is 11.9. The standard InChI is InChI=1S/C32H67NO3S/c1-37(34,35)36-32-30-28-26-24-22-20-18-16-14-12-10-8-6-4-2-3-5-7-9-11-13-15-17-19-21-23-25-27-29-31-33/h2-33H2,1H3. The number of hydrogen-bond donors (Lipinski definition) is 1. The van der Waals surface area contributed by atoms with Gasteiger partial charge in [-0.3, -0.25) is 4.18 Å². The molecule has 37 heavy (non-hydrogen) atoms. The molecule has 0 fully saturated rings. The first kappa shape index (κ1) is 36.9. The van der Waals surface area contributed by atoms with E-state index in [9.17, 15) is 8.42 Å². The van der Waals surface area contributed by atoms with E-state index in [0.29, 0.717) is 6.61 Å². The molecule has 0 aliphatic heterocycles. The fraction of sp³-hybridized carbons (Fsp3) is 1.00. The Kier molecular flexibility index (Phi) is 30.3. The van der Waals surface area contributed by atoms with Gasteiger partial charge >= 0.3 is 0 Å². The maximum absolute atomic E-state index is 10.9. The number of hydrogen-bond acceptors (Lipinski definition) is 4. The van der Waals surface area contributed by atoms with Crippen LogP contribution in [0.15, 0.2) is 0 Å². The summed E-state index contributed by atoms with van der Waals surface area (Å²) < 4.78 is 26.5. The largest absolute Gasteiger partial charge is 0.330 e. The molecular formula is C32H67NO3S. The van der Waals surface area contributed by atoms with Gasteiger partial charge in [-0.15, -0.1) is 0 Å². The first-order valence-corrected chi connectivity index (χ1v) is 18.4. The third-order valence-electron chi connectivity index (χ3n) is 7.65. The second kappa shape index (κ2) is 30.4. The highest BCUT2D eigenvalue weighted by Gasteiger charge is 2.00. The fourth-order valence-corrected chi connectivity index (χ4v) is 5.65. The molecule has 224 valence electrons. The van der Waals surface area contributed by atoms with Crippen molar-refractivity contribution < 1.29 is 12.6 Å². The van der Waals surface area contributed by atoms with E-state index in [2.05, 4.69) is 0 Å². The molecule has 0 rings (SSSR count). The third-order valence-corrected chi connectivity index (χ3v) is 8.24. The zero-order valence-corrected chi connectivity index (χ0v) is 25.9. The summed E-state index contributed by atoms with van der Waals surface area (Å²) in [6, 6.07) is 0. The zero-order valence-electron chi connectivity index (χ0n) is 25.1. The van der Waals surface area contributed by atoms with Crippen LogP contribution >= 0.6 is 0 Å². The van der Waals surface area contributed by atoms with Gasteiger partial charge in [0.05, 0.1) is 12.9 Å². The smallest absolute Gasteiger partial charge is 0.264 e. The Morgan fingerprint density at radius 2 is 0.568 bits per heavy atom. The minimum atomic E-state index is -3.26. The number of nitrogens with two attached hydrogens (primary N) is 1. The average molecular weight is 546 g/mol. The summed E-state index contributed by atoms with van der Waals surface area (Å²) in [6.45, 7) is 1.21. The number of unbranched alkanes of at least 4 members (excludes halogenated alkanes) is 28. The molecule has 0 atom stereocenters. The Hall–Kier alpha value is -0.130. The molecule has 0 spiro atoms. The summed E-state index contributed by atoms with van der Waals surface area (Å²) in [4.78, 5) is 0. The van der Waals surface area contributed by atoms with Crippen LogP contribution in [0.2, 0.25) is 0 Å². The van der Waals surface area contributed by atoms with E-state index in [1.54, 1.807) is 0 Å². The molecule has 5 heteroatoms. The highest BCUT2D eigenvalue weighted by Crippen LogP contribution is 2.16. The lowest BCUT2D eigenvalue weighted by molar-refractivity contribution is 0.309. The summed E-state index contributed by atoms with van der Waals surface area (Å²) >= 11 is 0. The lowest BCUT2D eigenvalue weighted by Gasteiger charge is -2.05. The predicted octanol–water partition coefficient (Wildman–Crippen LogP) is 10.2. The average Bonchev–Trinajstić information content (AvgIpc) is 2.86. The summed E-state index contributed by atoms with van der Waals surface area (Å²) in [6.07, 6.45) is 40.9. The molecule has 0 saturated carbocycles. The van der Waals surface area contributed by atoms with Crippen molar-refractivity contribution in [2.24, 2.45) is 5.73 Å². The van der Waals surface area contributed by atoms with E-state index >= 15 is 0 Å². The minimum absolute atomic E-state index is 0.344. The van der Waals surface area contributed by atoms with Crippen LogP contribution in [-0.4, -0.2) is 27.8 Å². The summed E-state index contributed by atoms with van der Waals surface area (Å²) in [5.74, 6) is 0. The lowest BCUT2D eigenvalue weighted by atomic mass is 10.0. The lowest BCUT2D eigenvalue weighted by Crippen LogP contribution is -2.03. The van der Waals surface area contributed by atoms with Gasteiger partial charge < -0.3 is 5.73 Å². The SMILES string of the molecule is CS(=O)(=O)OCCCCCCCCCCCCCCCCCCCCCCCCCCCCCCCN. The van der Waals surface area contributed by atoms with Gasteiger partial charge in [-0.1, -0.05) is 173 Å². The van der Waals surface area contributed by atoms with Crippen molar-refractivity contribution in [3.05, 3.63) is 0 Å². The molecule has 0 aromatic carbocycles. The highest BCUT2D eigenvalue weighted by molar-refractivity contribution is 7.85. The van der Waals surface area contributed by atoms with E-state index in [-0.39, 0.29) is 0 Å². The zero-order chi connectivity index (χ0) is 27.1. The van der Waals surface area contributed by atoms with Crippen molar-refractivity contribution in [3.63, 3.8) is 0 Å². The Bertz CT molecular complexity index is 524. The van der Waals surface area contributed by atoms with E-state index < -0.39 is 10.1 Å². The molecule has 0 bridgehead atoms. The van der Waals surface area contributed by atoms with E-state index in [1.165, 1.54) is 173 Å². The molecule has 0 radical (unpaired) electrons. The van der Waals surface area contributed by atoms with Crippen LogP contribution in [-0.2, 0) is 14.3 Å². The molecule has 0 aromatic heterocycles. The van der Waals surface area contributed by atoms with Gasteiger partial charge in [0, 0.05) is 0 Å². The minimum Gasteiger partial charge on any atom is -0.330 e. The predicted molar refractivity (Wildman–Crippen MR) is 164 cm³/mol. The first-order chi connectivity index (χ1) is 18.1. The second-order valence-corrected chi connectivity index (χ2v) is 13.2. The molecule has 0 aromatic rings. The summed E-state index contributed by atoms with van der Waals surface area (Å²) in [5.41, 5.74) is 5.54. The van der Waals surface area contributed by atoms with Crippen molar-refractivity contribution in [3.8, 4) is 0 Å². The van der Waals surface area contributed by atoms with Gasteiger partial charge in [-0.2, -0.15) is 8.42 Å². The van der Waals surface area contributed by atoms with Crippen molar-refractivity contribution in [1.82, 2.24) is 0 Å². The Morgan fingerprint density at radius 3 is 0.757 bits per heavy atom. The molecule has 0 amide bonds. The van der Waals surface area contributed by atoms with Crippen LogP contribution in [0.25, 0.3) is 0 Å². The van der Waals surface area contributed by atoms with Gasteiger partial charge in [-0.05, 0) is 19.4 Å².